The molecule has 0 amide bonds. The lowest BCUT2D eigenvalue weighted by Gasteiger charge is -2.03. The Morgan fingerprint density at radius 1 is 1.17 bits per heavy atom. The van der Waals surface area contributed by atoms with E-state index >= 15 is 0 Å². The lowest BCUT2D eigenvalue weighted by atomic mass is 10.2. The zero-order chi connectivity index (χ0) is 12.5. The third kappa shape index (κ3) is 1.96. The molecule has 0 atom stereocenters. The monoisotopic (exact) mass is 274 g/mol. The molecule has 0 bridgehead atoms. The quantitative estimate of drug-likeness (QED) is 0.735. The average Bonchev–Trinajstić information content (AvgIpc) is 2.81. The van der Waals surface area contributed by atoms with Gasteiger partial charge in [-0.3, -0.25) is 0 Å². The fourth-order valence-corrected chi connectivity index (χ4v) is 3.16. The molecule has 0 saturated heterocycles. The highest BCUT2D eigenvalue weighted by atomic mass is 35.5. The zero-order valence-electron chi connectivity index (χ0n) is 9.77. The molecular formula is C14H11ClN2S. The Hall–Kier alpha value is -1.58. The van der Waals surface area contributed by atoms with E-state index in [1.807, 2.05) is 43.4 Å². The van der Waals surface area contributed by atoms with Crippen LogP contribution < -0.4 is 5.32 Å². The first-order valence-electron chi connectivity index (χ1n) is 5.61. The van der Waals surface area contributed by atoms with Crippen LogP contribution in [0.15, 0.2) is 42.5 Å². The summed E-state index contributed by atoms with van der Waals surface area (Å²) in [5.41, 5.74) is 3.01. The van der Waals surface area contributed by atoms with Crippen LogP contribution in [0.1, 0.15) is 0 Å². The van der Waals surface area contributed by atoms with E-state index in [-0.39, 0.29) is 0 Å². The van der Waals surface area contributed by atoms with Gasteiger partial charge in [0.25, 0.3) is 0 Å². The van der Waals surface area contributed by atoms with Gasteiger partial charge in [-0.1, -0.05) is 23.7 Å². The molecule has 2 aromatic carbocycles. The Bertz CT molecular complexity index is 673. The number of fused-ring (bicyclic) bond motifs is 1. The second-order valence-electron chi connectivity index (χ2n) is 3.93. The second-order valence-corrected chi connectivity index (χ2v) is 5.37. The van der Waals surface area contributed by atoms with Crippen LogP contribution in [0.4, 0.5) is 5.69 Å². The second kappa shape index (κ2) is 4.59. The van der Waals surface area contributed by atoms with Crippen molar-refractivity contribution in [1.82, 2.24) is 4.98 Å². The maximum Gasteiger partial charge on any atom is 0.126 e. The van der Waals surface area contributed by atoms with Gasteiger partial charge in [-0.25, -0.2) is 4.98 Å². The molecule has 1 heterocycles. The molecule has 0 aliphatic heterocycles. The van der Waals surface area contributed by atoms with E-state index in [2.05, 4.69) is 16.4 Å². The van der Waals surface area contributed by atoms with Gasteiger partial charge in [0.05, 0.1) is 15.2 Å². The highest BCUT2D eigenvalue weighted by Crippen LogP contribution is 2.35. The summed E-state index contributed by atoms with van der Waals surface area (Å²) in [6.07, 6.45) is 0. The Morgan fingerprint density at radius 2 is 2.00 bits per heavy atom. The first kappa shape index (κ1) is 11.5. The van der Waals surface area contributed by atoms with Gasteiger partial charge in [-0.15, -0.1) is 11.3 Å². The molecule has 0 aliphatic carbocycles. The summed E-state index contributed by atoms with van der Waals surface area (Å²) in [5.74, 6) is 0. The molecule has 0 unspecified atom stereocenters. The molecule has 1 N–H and O–H groups in total. The van der Waals surface area contributed by atoms with Crippen LogP contribution in [0.3, 0.4) is 0 Å². The van der Waals surface area contributed by atoms with Crippen LogP contribution in [0.2, 0.25) is 5.02 Å². The summed E-state index contributed by atoms with van der Waals surface area (Å²) in [7, 11) is 1.88. The minimum absolute atomic E-state index is 0.723. The van der Waals surface area contributed by atoms with Crippen molar-refractivity contribution in [2.24, 2.45) is 0 Å². The van der Waals surface area contributed by atoms with Gasteiger partial charge in [-0.05, 0) is 30.3 Å². The standard InChI is InChI=1S/C14H11ClN2S/c1-16-9-6-7-10(11(15)8-9)14-17-12-4-2-3-5-13(12)18-14/h2-8,16H,1H3. The number of rotatable bonds is 2. The molecule has 4 heteroatoms. The fourth-order valence-electron chi connectivity index (χ4n) is 1.83. The average molecular weight is 275 g/mol. The number of anilines is 1. The number of aromatic nitrogens is 1. The van der Waals surface area contributed by atoms with Crippen molar-refractivity contribution in [3.8, 4) is 10.6 Å². The largest absolute Gasteiger partial charge is 0.388 e. The normalized spacial score (nSPS) is 10.8. The highest BCUT2D eigenvalue weighted by Gasteiger charge is 2.09. The fraction of sp³-hybridized carbons (Fsp3) is 0.0714. The molecule has 0 radical (unpaired) electrons. The van der Waals surface area contributed by atoms with Crippen molar-refractivity contribution >= 4 is 38.8 Å². The summed E-state index contributed by atoms with van der Waals surface area (Å²) >= 11 is 7.96. The van der Waals surface area contributed by atoms with E-state index in [9.17, 15) is 0 Å². The van der Waals surface area contributed by atoms with E-state index in [1.54, 1.807) is 11.3 Å². The molecule has 18 heavy (non-hydrogen) atoms. The molecule has 90 valence electrons. The first-order chi connectivity index (χ1) is 8.78. The number of hydrogen-bond donors (Lipinski definition) is 1. The molecule has 0 spiro atoms. The van der Waals surface area contributed by atoms with Crippen molar-refractivity contribution in [2.45, 2.75) is 0 Å². The van der Waals surface area contributed by atoms with Crippen molar-refractivity contribution < 1.29 is 0 Å². The number of nitrogens with zero attached hydrogens (tertiary/aromatic N) is 1. The number of para-hydroxylation sites is 1. The third-order valence-electron chi connectivity index (χ3n) is 2.78. The summed E-state index contributed by atoms with van der Waals surface area (Å²) in [6, 6.07) is 14.0. The van der Waals surface area contributed by atoms with Gasteiger partial charge in [-0.2, -0.15) is 0 Å². The molecule has 0 aliphatic rings. The molecule has 1 aromatic heterocycles. The maximum atomic E-state index is 6.30. The lowest BCUT2D eigenvalue weighted by molar-refractivity contribution is 1.46. The predicted molar refractivity (Wildman–Crippen MR) is 79.6 cm³/mol. The van der Waals surface area contributed by atoms with Gasteiger partial charge >= 0.3 is 0 Å². The number of halogens is 1. The van der Waals surface area contributed by atoms with Crippen molar-refractivity contribution in [2.75, 3.05) is 12.4 Å². The van der Waals surface area contributed by atoms with Gasteiger partial charge in [0.15, 0.2) is 0 Å². The highest BCUT2D eigenvalue weighted by molar-refractivity contribution is 7.21. The van der Waals surface area contributed by atoms with Crippen LogP contribution in [0.25, 0.3) is 20.8 Å². The summed E-state index contributed by atoms with van der Waals surface area (Å²) in [5, 5.41) is 4.76. The predicted octanol–water partition coefficient (Wildman–Crippen LogP) is 4.66. The van der Waals surface area contributed by atoms with E-state index < -0.39 is 0 Å². The van der Waals surface area contributed by atoms with Crippen LogP contribution in [-0.4, -0.2) is 12.0 Å². The Kier molecular flexibility index (Phi) is 2.94. The van der Waals surface area contributed by atoms with Crippen LogP contribution >= 0.6 is 22.9 Å². The van der Waals surface area contributed by atoms with Crippen LogP contribution in [0.5, 0.6) is 0 Å². The first-order valence-corrected chi connectivity index (χ1v) is 6.80. The summed E-state index contributed by atoms with van der Waals surface area (Å²) in [4.78, 5) is 4.61. The van der Waals surface area contributed by atoms with Crippen molar-refractivity contribution in [3.05, 3.63) is 47.5 Å². The van der Waals surface area contributed by atoms with E-state index in [0.29, 0.717) is 0 Å². The smallest absolute Gasteiger partial charge is 0.126 e. The minimum atomic E-state index is 0.723. The van der Waals surface area contributed by atoms with Gasteiger partial charge < -0.3 is 5.32 Å². The van der Waals surface area contributed by atoms with Gasteiger partial charge in [0.1, 0.15) is 5.01 Å². The molecule has 3 rings (SSSR count). The third-order valence-corrected chi connectivity index (χ3v) is 4.16. The summed E-state index contributed by atoms with van der Waals surface area (Å²) < 4.78 is 1.18. The molecular weight excluding hydrogens is 264 g/mol. The number of hydrogen-bond acceptors (Lipinski definition) is 3. The van der Waals surface area contributed by atoms with E-state index in [4.69, 9.17) is 11.6 Å². The minimum Gasteiger partial charge on any atom is -0.388 e. The topological polar surface area (TPSA) is 24.9 Å². The molecule has 0 fully saturated rings. The Labute approximate surface area is 114 Å². The summed E-state index contributed by atoms with van der Waals surface area (Å²) in [6.45, 7) is 0. The van der Waals surface area contributed by atoms with Crippen molar-refractivity contribution in [1.29, 1.82) is 0 Å². The number of nitrogens with one attached hydrogen (secondary N) is 1. The van der Waals surface area contributed by atoms with Crippen LogP contribution in [-0.2, 0) is 0 Å². The van der Waals surface area contributed by atoms with Crippen LogP contribution in [0, 0.1) is 0 Å². The zero-order valence-corrected chi connectivity index (χ0v) is 11.3. The Morgan fingerprint density at radius 3 is 2.72 bits per heavy atom. The van der Waals surface area contributed by atoms with E-state index in [1.165, 1.54) is 4.70 Å². The number of thiazole rings is 1. The molecule has 2 nitrogen and oxygen atoms in total. The van der Waals surface area contributed by atoms with Gasteiger partial charge in [0, 0.05) is 18.3 Å². The molecule has 3 aromatic rings. The molecule has 0 saturated carbocycles. The van der Waals surface area contributed by atoms with Crippen molar-refractivity contribution in [3.63, 3.8) is 0 Å². The van der Waals surface area contributed by atoms with E-state index in [0.717, 1.165) is 26.8 Å². The lowest BCUT2D eigenvalue weighted by Crippen LogP contribution is -1.88. The maximum absolute atomic E-state index is 6.30. The number of benzene rings is 2. The SMILES string of the molecule is CNc1ccc(-c2nc3ccccc3s2)c(Cl)c1. The Balaban J connectivity index is 2.14. The van der Waals surface area contributed by atoms with Gasteiger partial charge in [0.2, 0.25) is 0 Å².